The van der Waals surface area contributed by atoms with Gasteiger partial charge < -0.3 is 5.32 Å². The molecule has 6 nitrogen and oxygen atoms in total. The van der Waals surface area contributed by atoms with Gasteiger partial charge >= 0.3 is 0 Å². The molecule has 2 rings (SSSR count). The highest BCUT2D eigenvalue weighted by Gasteiger charge is 1.98. The van der Waals surface area contributed by atoms with Crippen molar-refractivity contribution in [2.45, 2.75) is 13.1 Å². The molecule has 0 amide bonds. The predicted molar refractivity (Wildman–Crippen MR) is 56.7 cm³/mol. The lowest BCUT2D eigenvalue weighted by Gasteiger charge is -2.01. The molecule has 0 saturated carbocycles. The van der Waals surface area contributed by atoms with Crippen molar-refractivity contribution in [3.8, 4) is 0 Å². The molecule has 0 saturated heterocycles. The molecule has 15 heavy (non-hydrogen) atoms. The molecule has 0 unspecified atom stereocenters. The van der Waals surface area contributed by atoms with Crippen LogP contribution in [0.4, 0.5) is 0 Å². The number of pyridine rings is 1. The molecule has 2 heterocycles. The largest absolute Gasteiger partial charge is 0.306 e. The summed E-state index contributed by atoms with van der Waals surface area (Å²) in [5, 5.41) is 16.7. The third-order valence-electron chi connectivity index (χ3n) is 1.76. The summed E-state index contributed by atoms with van der Waals surface area (Å²) in [5.74, 6) is 0.651. The van der Waals surface area contributed by atoms with Crippen LogP contribution in [0.3, 0.4) is 0 Å². The van der Waals surface area contributed by atoms with Crippen LogP contribution in [0.5, 0.6) is 0 Å². The Labute approximate surface area is 94.6 Å². The van der Waals surface area contributed by atoms with Crippen LogP contribution in [0.1, 0.15) is 11.4 Å². The molecule has 0 aromatic carbocycles. The lowest BCUT2D eigenvalue weighted by Crippen LogP contribution is -2.13. The van der Waals surface area contributed by atoms with Crippen LogP contribution in [0, 0.1) is 0 Å². The third-order valence-corrected chi connectivity index (χ3v) is 2.20. The number of aromatic amines is 1. The van der Waals surface area contributed by atoms with Gasteiger partial charge in [0.05, 0.1) is 6.54 Å². The van der Waals surface area contributed by atoms with E-state index in [0.29, 0.717) is 12.4 Å². The summed E-state index contributed by atoms with van der Waals surface area (Å²) in [6.07, 6.45) is 3.57. The van der Waals surface area contributed by atoms with Gasteiger partial charge in [-0.2, -0.15) is 5.21 Å². The molecule has 7 heteroatoms. The van der Waals surface area contributed by atoms with Gasteiger partial charge in [-0.15, -0.1) is 10.2 Å². The SMILES string of the molecule is Brc1cncc(CNCc2nn[nH]n2)c1. The Bertz CT molecular complexity index is 415. The van der Waals surface area contributed by atoms with Gasteiger partial charge in [0.15, 0.2) is 5.82 Å². The number of nitrogens with zero attached hydrogens (tertiary/aromatic N) is 4. The van der Waals surface area contributed by atoms with Gasteiger partial charge in [-0.25, -0.2) is 0 Å². The molecule has 0 radical (unpaired) electrons. The van der Waals surface area contributed by atoms with Crippen LogP contribution in [-0.4, -0.2) is 25.6 Å². The fraction of sp³-hybridized carbons (Fsp3) is 0.250. The van der Waals surface area contributed by atoms with Crippen LogP contribution < -0.4 is 5.32 Å². The van der Waals surface area contributed by atoms with Gasteiger partial charge in [0.25, 0.3) is 0 Å². The van der Waals surface area contributed by atoms with Crippen molar-refractivity contribution >= 4 is 15.9 Å². The highest BCUT2D eigenvalue weighted by Crippen LogP contribution is 2.09. The number of nitrogens with one attached hydrogen (secondary N) is 2. The quantitative estimate of drug-likeness (QED) is 0.851. The summed E-state index contributed by atoms with van der Waals surface area (Å²) in [6.45, 7) is 1.31. The smallest absolute Gasteiger partial charge is 0.188 e. The zero-order valence-corrected chi connectivity index (χ0v) is 9.40. The second-order valence-corrected chi connectivity index (χ2v) is 3.86. The van der Waals surface area contributed by atoms with Crippen LogP contribution in [-0.2, 0) is 13.1 Å². The molecule has 0 aliphatic carbocycles. The highest BCUT2D eigenvalue weighted by atomic mass is 79.9. The second-order valence-electron chi connectivity index (χ2n) is 2.94. The fourth-order valence-corrected chi connectivity index (χ4v) is 1.54. The van der Waals surface area contributed by atoms with E-state index in [2.05, 4.69) is 46.9 Å². The van der Waals surface area contributed by atoms with Crippen LogP contribution in [0.15, 0.2) is 22.9 Å². The molecule has 78 valence electrons. The topological polar surface area (TPSA) is 79.4 Å². The Balaban J connectivity index is 1.83. The highest BCUT2D eigenvalue weighted by molar-refractivity contribution is 9.10. The third kappa shape index (κ3) is 3.07. The first-order valence-corrected chi connectivity index (χ1v) is 5.16. The van der Waals surface area contributed by atoms with Crippen molar-refractivity contribution in [3.63, 3.8) is 0 Å². The molecule has 0 spiro atoms. The summed E-state index contributed by atoms with van der Waals surface area (Å²) in [5.41, 5.74) is 1.10. The van der Waals surface area contributed by atoms with E-state index in [9.17, 15) is 0 Å². The van der Waals surface area contributed by atoms with Crippen molar-refractivity contribution in [2.75, 3.05) is 0 Å². The number of tetrazole rings is 1. The zero-order valence-electron chi connectivity index (χ0n) is 7.81. The number of rotatable bonds is 4. The maximum absolute atomic E-state index is 4.06. The number of aromatic nitrogens is 5. The minimum Gasteiger partial charge on any atom is -0.306 e. The van der Waals surface area contributed by atoms with E-state index >= 15 is 0 Å². The van der Waals surface area contributed by atoms with E-state index in [4.69, 9.17) is 0 Å². The molecule has 0 aliphatic heterocycles. The lowest BCUT2D eigenvalue weighted by atomic mass is 10.3. The summed E-state index contributed by atoms with van der Waals surface area (Å²) in [7, 11) is 0. The lowest BCUT2D eigenvalue weighted by molar-refractivity contribution is 0.662. The second kappa shape index (κ2) is 4.94. The molecule has 2 aromatic rings. The van der Waals surface area contributed by atoms with Gasteiger partial charge in [-0.05, 0) is 27.6 Å². The van der Waals surface area contributed by atoms with Crippen molar-refractivity contribution in [1.29, 1.82) is 0 Å². The molecule has 2 aromatic heterocycles. The first-order chi connectivity index (χ1) is 7.34. The fourth-order valence-electron chi connectivity index (χ4n) is 1.13. The molecule has 2 N–H and O–H groups in total. The monoisotopic (exact) mass is 268 g/mol. The van der Waals surface area contributed by atoms with Gasteiger partial charge in [0.1, 0.15) is 0 Å². The first-order valence-electron chi connectivity index (χ1n) is 4.37. The average molecular weight is 269 g/mol. The van der Waals surface area contributed by atoms with E-state index < -0.39 is 0 Å². The van der Waals surface area contributed by atoms with Gasteiger partial charge in [-0.3, -0.25) is 4.98 Å². The number of halogens is 1. The van der Waals surface area contributed by atoms with E-state index in [1.807, 2.05) is 12.3 Å². The molecule has 0 fully saturated rings. The molecule has 0 atom stereocenters. The van der Waals surface area contributed by atoms with E-state index in [1.54, 1.807) is 6.20 Å². The Kier molecular flexibility index (Phi) is 3.36. The van der Waals surface area contributed by atoms with Crippen LogP contribution in [0.25, 0.3) is 0 Å². The summed E-state index contributed by atoms with van der Waals surface area (Å²) >= 11 is 3.36. The standard InChI is InChI=1S/C8H9BrN6/c9-7-1-6(2-10-4-7)3-11-5-8-12-14-15-13-8/h1-2,4,11H,3,5H2,(H,12,13,14,15). The summed E-state index contributed by atoms with van der Waals surface area (Å²) < 4.78 is 0.973. The Morgan fingerprint density at radius 2 is 2.27 bits per heavy atom. The van der Waals surface area contributed by atoms with Crippen molar-refractivity contribution < 1.29 is 0 Å². The normalized spacial score (nSPS) is 10.5. The molecule has 0 bridgehead atoms. The maximum Gasteiger partial charge on any atom is 0.188 e. The number of hydrogen-bond acceptors (Lipinski definition) is 5. The number of hydrogen-bond donors (Lipinski definition) is 2. The van der Waals surface area contributed by atoms with Gasteiger partial charge in [-0.1, -0.05) is 5.21 Å². The zero-order chi connectivity index (χ0) is 10.5. The van der Waals surface area contributed by atoms with E-state index in [1.165, 1.54) is 0 Å². The predicted octanol–water partition coefficient (Wildman–Crippen LogP) is 0.647. The van der Waals surface area contributed by atoms with E-state index in [-0.39, 0.29) is 0 Å². The molecular formula is C8H9BrN6. The Hall–Kier alpha value is -1.34. The maximum atomic E-state index is 4.06. The summed E-state index contributed by atoms with van der Waals surface area (Å²) in [6, 6.07) is 2.01. The first kappa shape index (κ1) is 10.2. The minimum absolute atomic E-state index is 0.586. The molecule has 0 aliphatic rings. The van der Waals surface area contributed by atoms with Crippen molar-refractivity contribution in [2.24, 2.45) is 0 Å². The van der Waals surface area contributed by atoms with Crippen molar-refractivity contribution in [3.05, 3.63) is 34.3 Å². The average Bonchev–Trinajstić information content (AvgIpc) is 2.71. The van der Waals surface area contributed by atoms with Gasteiger partial charge in [0.2, 0.25) is 0 Å². The Morgan fingerprint density at radius 3 is 3.00 bits per heavy atom. The van der Waals surface area contributed by atoms with E-state index in [0.717, 1.165) is 16.6 Å². The number of H-pyrrole nitrogens is 1. The van der Waals surface area contributed by atoms with Crippen LogP contribution >= 0.6 is 15.9 Å². The molecular weight excluding hydrogens is 260 g/mol. The van der Waals surface area contributed by atoms with Gasteiger partial charge in [0, 0.05) is 23.4 Å². The van der Waals surface area contributed by atoms with Crippen LogP contribution in [0.2, 0.25) is 0 Å². The minimum atomic E-state index is 0.586. The van der Waals surface area contributed by atoms with Crippen molar-refractivity contribution in [1.82, 2.24) is 30.9 Å². The summed E-state index contributed by atoms with van der Waals surface area (Å²) in [4.78, 5) is 4.06. The Morgan fingerprint density at radius 1 is 1.33 bits per heavy atom.